The standard InChI is InChI=1S/C16H12O7/c1-22-16-14(21)13-11(20)5-8(17)6-12(13)23-15(16)7-2-3-9(18)10(19)4-7/h2-6,17-20H,1H3/i1D3. The van der Waals surface area contributed by atoms with Crippen LogP contribution >= 0.6 is 0 Å². The van der Waals surface area contributed by atoms with Crippen LogP contribution in [0.15, 0.2) is 39.5 Å². The van der Waals surface area contributed by atoms with Crippen LogP contribution in [0.3, 0.4) is 0 Å². The van der Waals surface area contributed by atoms with Crippen molar-refractivity contribution in [2.45, 2.75) is 0 Å². The number of aromatic hydroxyl groups is 4. The molecule has 1 aromatic heterocycles. The average molecular weight is 319 g/mol. The first-order chi connectivity index (χ1) is 12.1. The maximum absolute atomic E-state index is 12.7. The fraction of sp³-hybridized carbons (Fsp3) is 0.0625. The molecule has 3 aromatic rings. The summed E-state index contributed by atoms with van der Waals surface area (Å²) in [6.07, 6.45) is 0. The zero-order chi connectivity index (χ0) is 19.2. The second-order valence-corrected chi connectivity index (χ2v) is 4.73. The summed E-state index contributed by atoms with van der Waals surface area (Å²) >= 11 is 0. The number of ether oxygens (including phenoxy) is 1. The summed E-state index contributed by atoms with van der Waals surface area (Å²) < 4.78 is 31.9. The van der Waals surface area contributed by atoms with Gasteiger partial charge in [-0.2, -0.15) is 0 Å². The van der Waals surface area contributed by atoms with Crippen molar-refractivity contribution in [3.63, 3.8) is 0 Å². The van der Waals surface area contributed by atoms with Gasteiger partial charge in [-0.25, -0.2) is 0 Å². The van der Waals surface area contributed by atoms with Crippen LogP contribution in [0, 0.1) is 0 Å². The summed E-state index contributed by atoms with van der Waals surface area (Å²) in [5, 5.41) is 38.2. The smallest absolute Gasteiger partial charge is 0.239 e. The minimum absolute atomic E-state index is 0.0291. The molecule has 1 heterocycles. The van der Waals surface area contributed by atoms with Crippen molar-refractivity contribution in [1.82, 2.24) is 0 Å². The first-order valence-electron chi connectivity index (χ1n) is 7.81. The highest BCUT2D eigenvalue weighted by atomic mass is 16.5. The third-order valence-electron chi connectivity index (χ3n) is 3.26. The molecule has 0 spiro atoms. The molecule has 0 saturated heterocycles. The maximum atomic E-state index is 12.7. The second kappa shape index (κ2) is 5.13. The van der Waals surface area contributed by atoms with E-state index in [-0.39, 0.29) is 28.0 Å². The first-order valence-corrected chi connectivity index (χ1v) is 6.31. The molecule has 0 aliphatic carbocycles. The number of benzene rings is 2. The number of fused-ring (bicyclic) bond motifs is 1. The molecule has 0 bridgehead atoms. The van der Waals surface area contributed by atoms with E-state index in [1.54, 1.807) is 0 Å². The van der Waals surface area contributed by atoms with Crippen LogP contribution in [0.4, 0.5) is 0 Å². The van der Waals surface area contributed by atoms with Gasteiger partial charge >= 0.3 is 0 Å². The Kier molecular flexibility index (Phi) is 2.51. The molecule has 0 saturated carbocycles. The minimum Gasteiger partial charge on any atom is -0.508 e. The van der Waals surface area contributed by atoms with Crippen LogP contribution in [-0.4, -0.2) is 27.5 Å². The molecule has 0 aliphatic rings. The lowest BCUT2D eigenvalue weighted by molar-refractivity contribution is 0.395. The van der Waals surface area contributed by atoms with E-state index in [1.165, 1.54) is 6.07 Å². The Balaban J connectivity index is 2.40. The second-order valence-electron chi connectivity index (χ2n) is 4.73. The van der Waals surface area contributed by atoms with Crippen LogP contribution in [0.2, 0.25) is 0 Å². The molecular weight excluding hydrogens is 304 g/mol. The third-order valence-corrected chi connectivity index (χ3v) is 3.26. The van der Waals surface area contributed by atoms with Crippen molar-refractivity contribution in [3.8, 4) is 40.1 Å². The quantitative estimate of drug-likeness (QED) is 0.535. The van der Waals surface area contributed by atoms with Gasteiger partial charge < -0.3 is 29.6 Å². The Labute approximate surface area is 133 Å². The molecular formula is C16H12O7. The Bertz CT molecular complexity index is 1070. The average Bonchev–Trinajstić information content (AvgIpc) is 2.50. The Morgan fingerprint density at radius 3 is 2.52 bits per heavy atom. The van der Waals surface area contributed by atoms with E-state index in [9.17, 15) is 25.2 Å². The summed E-state index contributed by atoms with van der Waals surface area (Å²) in [6.45, 7) is 0. The Morgan fingerprint density at radius 1 is 1.04 bits per heavy atom. The van der Waals surface area contributed by atoms with E-state index in [4.69, 9.17) is 13.3 Å². The van der Waals surface area contributed by atoms with Crippen molar-refractivity contribution in [2.75, 3.05) is 7.04 Å². The topological polar surface area (TPSA) is 120 Å². The normalized spacial score (nSPS) is 13.3. The summed E-state index contributed by atoms with van der Waals surface area (Å²) in [6, 6.07) is 5.35. The molecule has 0 unspecified atom stereocenters. The van der Waals surface area contributed by atoms with Crippen LogP contribution in [0.5, 0.6) is 28.7 Å². The predicted octanol–water partition coefficient (Wildman–Crippen LogP) is 2.29. The molecule has 118 valence electrons. The number of methoxy groups -OCH3 is 1. The third kappa shape index (κ3) is 2.28. The molecule has 0 aliphatic heterocycles. The van der Waals surface area contributed by atoms with Gasteiger partial charge in [-0.1, -0.05) is 0 Å². The molecule has 0 radical (unpaired) electrons. The van der Waals surface area contributed by atoms with Gasteiger partial charge in [0.05, 0.1) is 11.2 Å². The molecule has 23 heavy (non-hydrogen) atoms. The van der Waals surface area contributed by atoms with Crippen LogP contribution in [0.25, 0.3) is 22.3 Å². The number of phenols is 4. The lowest BCUT2D eigenvalue weighted by Crippen LogP contribution is -2.07. The van der Waals surface area contributed by atoms with Gasteiger partial charge in [0.2, 0.25) is 11.2 Å². The van der Waals surface area contributed by atoms with Gasteiger partial charge in [0.1, 0.15) is 22.5 Å². The molecule has 0 amide bonds. The SMILES string of the molecule is [2H]C([2H])([2H])Oc1c(-c2ccc(O)c(O)c2)oc2cc(O)cc(O)c2c1=O. The van der Waals surface area contributed by atoms with Gasteiger partial charge in [0, 0.05) is 17.7 Å². The number of hydrogen-bond donors (Lipinski definition) is 4. The Hall–Kier alpha value is -3.35. The summed E-state index contributed by atoms with van der Waals surface area (Å²) in [5.74, 6) is -3.07. The molecule has 0 fully saturated rings. The highest BCUT2D eigenvalue weighted by Crippen LogP contribution is 2.37. The van der Waals surface area contributed by atoms with Crippen molar-refractivity contribution >= 4 is 11.0 Å². The highest BCUT2D eigenvalue weighted by Gasteiger charge is 2.20. The summed E-state index contributed by atoms with van der Waals surface area (Å²) in [7, 11) is -3.00. The van der Waals surface area contributed by atoms with Gasteiger partial charge in [-0.15, -0.1) is 0 Å². The molecule has 3 rings (SSSR count). The first kappa shape index (κ1) is 11.2. The lowest BCUT2D eigenvalue weighted by Gasteiger charge is -2.10. The molecule has 4 N–H and O–H groups in total. The highest BCUT2D eigenvalue weighted by molar-refractivity contribution is 5.88. The molecule has 0 atom stereocenters. The number of hydrogen-bond acceptors (Lipinski definition) is 7. The fourth-order valence-electron chi connectivity index (χ4n) is 2.22. The lowest BCUT2D eigenvalue weighted by atomic mass is 10.1. The number of rotatable bonds is 2. The van der Waals surface area contributed by atoms with E-state index < -0.39 is 35.5 Å². The zero-order valence-electron chi connectivity index (χ0n) is 14.4. The van der Waals surface area contributed by atoms with E-state index >= 15 is 0 Å². The van der Waals surface area contributed by atoms with Crippen molar-refractivity contribution in [1.29, 1.82) is 0 Å². The minimum atomic E-state index is -3.00. The monoisotopic (exact) mass is 319 g/mol. The van der Waals surface area contributed by atoms with Gasteiger partial charge in [0.15, 0.2) is 17.3 Å². The van der Waals surface area contributed by atoms with Gasteiger partial charge in [-0.05, 0) is 18.2 Å². The number of phenolic OH excluding ortho intramolecular Hbond substituents is 4. The van der Waals surface area contributed by atoms with Crippen LogP contribution in [0.1, 0.15) is 4.11 Å². The molecule has 2 aromatic carbocycles. The van der Waals surface area contributed by atoms with E-state index in [0.29, 0.717) is 0 Å². The van der Waals surface area contributed by atoms with E-state index in [2.05, 4.69) is 0 Å². The zero-order valence-corrected chi connectivity index (χ0v) is 11.4. The predicted molar refractivity (Wildman–Crippen MR) is 81.1 cm³/mol. The largest absolute Gasteiger partial charge is 0.508 e. The van der Waals surface area contributed by atoms with Crippen molar-refractivity contribution < 1.29 is 33.7 Å². The van der Waals surface area contributed by atoms with Gasteiger partial charge in [0.25, 0.3) is 0 Å². The molecule has 7 nitrogen and oxygen atoms in total. The maximum Gasteiger partial charge on any atom is 0.239 e. The summed E-state index contributed by atoms with van der Waals surface area (Å²) in [5.41, 5.74) is -1.18. The fourth-order valence-corrected chi connectivity index (χ4v) is 2.22. The van der Waals surface area contributed by atoms with Crippen molar-refractivity contribution in [3.05, 3.63) is 40.6 Å². The van der Waals surface area contributed by atoms with E-state index in [0.717, 1.165) is 24.3 Å². The Morgan fingerprint density at radius 2 is 1.83 bits per heavy atom. The van der Waals surface area contributed by atoms with E-state index in [1.807, 2.05) is 0 Å². The van der Waals surface area contributed by atoms with Crippen LogP contribution in [-0.2, 0) is 0 Å². The van der Waals surface area contributed by atoms with Gasteiger partial charge in [-0.3, -0.25) is 4.79 Å². The molecule has 7 heteroatoms. The van der Waals surface area contributed by atoms with Crippen LogP contribution < -0.4 is 10.2 Å². The van der Waals surface area contributed by atoms with Crippen molar-refractivity contribution in [2.24, 2.45) is 0 Å². The summed E-state index contributed by atoms with van der Waals surface area (Å²) in [4.78, 5) is 12.7.